The van der Waals surface area contributed by atoms with Crippen molar-refractivity contribution in [2.75, 3.05) is 23.0 Å². The molecule has 0 fully saturated rings. The monoisotopic (exact) mass is 438 g/mol. The normalized spacial score (nSPS) is 12.5. The molecule has 1 atom stereocenters. The fourth-order valence-electron chi connectivity index (χ4n) is 3.18. The van der Waals surface area contributed by atoms with E-state index in [0.29, 0.717) is 17.1 Å². The Kier molecular flexibility index (Phi) is 7.54. The van der Waals surface area contributed by atoms with Gasteiger partial charge >= 0.3 is 0 Å². The molecule has 6 nitrogen and oxygen atoms in total. The summed E-state index contributed by atoms with van der Waals surface area (Å²) in [6.45, 7) is 5.83. The van der Waals surface area contributed by atoms with Crippen molar-refractivity contribution in [3.8, 4) is 5.75 Å². The molecule has 0 saturated heterocycles. The van der Waals surface area contributed by atoms with Gasteiger partial charge in [-0.05, 0) is 42.2 Å². The van der Waals surface area contributed by atoms with Crippen molar-refractivity contribution in [3.63, 3.8) is 0 Å². The number of nitrogens with one attached hydrogen (secondary N) is 1. The van der Waals surface area contributed by atoms with Crippen LogP contribution in [-0.2, 0) is 14.8 Å². The first-order valence-electron chi connectivity index (χ1n) is 9.32. The minimum Gasteiger partial charge on any atom is -0.495 e. The number of para-hydroxylation sites is 1. The number of anilines is 2. The van der Waals surface area contributed by atoms with Gasteiger partial charge < -0.3 is 10.1 Å². The largest absolute Gasteiger partial charge is 0.495 e. The fraction of sp³-hybridized carbons (Fsp3) is 0.381. The van der Waals surface area contributed by atoms with E-state index in [0.717, 1.165) is 16.1 Å². The highest BCUT2D eigenvalue weighted by Crippen LogP contribution is 2.32. The van der Waals surface area contributed by atoms with E-state index in [-0.39, 0.29) is 17.4 Å². The summed E-state index contributed by atoms with van der Waals surface area (Å²) in [4.78, 5) is 13.1. The van der Waals surface area contributed by atoms with Crippen LogP contribution in [0.5, 0.6) is 5.75 Å². The maximum Gasteiger partial charge on any atom is 0.248 e. The predicted molar refractivity (Wildman–Crippen MR) is 119 cm³/mol. The van der Waals surface area contributed by atoms with Crippen molar-refractivity contribution < 1.29 is 17.9 Å². The molecule has 0 aliphatic heterocycles. The van der Waals surface area contributed by atoms with E-state index >= 15 is 0 Å². The average Bonchev–Trinajstić information content (AvgIpc) is 2.65. The molecule has 8 heteroatoms. The minimum absolute atomic E-state index is 0.206. The van der Waals surface area contributed by atoms with Crippen LogP contribution in [0.3, 0.4) is 0 Å². The summed E-state index contributed by atoms with van der Waals surface area (Å²) >= 11 is 6.19. The molecular weight excluding hydrogens is 412 g/mol. The van der Waals surface area contributed by atoms with Crippen LogP contribution in [0, 0.1) is 0 Å². The van der Waals surface area contributed by atoms with E-state index in [1.165, 1.54) is 13.2 Å². The number of halogens is 1. The van der Waals surface area contributed by atoms with Crippen LogP contribution in [0.1, 0.15) is 38.7 Å². The van der Waals surface area contributed by atoms with Gasteiger partial charge in [-0.15, -0.1) is 0 Å². The van der Waals surface area contributed by atoms with E-state index in [4.69, 9.17) is 16.3 Å². The number of methoxy groups -OCH3 is 1. The Bertz CT molecular complexity index is 976. The summed E-state index contributed by atoms with van der Waals surface area (Å²) in [5, 5.41) is 3.16. The molecule has 0 saturated carbocycles. The summed E-state index contributed by atoms with van der Waals surface area (Å²) in [5.41, 5.74) is 1.96. The van der Waals surface area contributed by atoms with Crippen LogP contribution < -0.4 is 14.4 Å². The predicted octanol–water partition coefficient (Wildman–Crippen LogP) is 4.66. The van der Waals surface area contributed by atoms with Gasteiger partial charge in [0.1, 0.15) is 11.8 Å². The van der Waals surface area contributed by atoms with Crippen molar-refractivity contribution in [1.82, 2.24) is 0 Å². The molecule has 0 aliphatic rings. The Morgan fingerprint density at radius 3 is 2.38 bits per heavy atom. The SMILES string of the molecule is CCC(C(=O)Nc1ccccc1C(C)C)N(c1ccc(OC)c(Cl)c1)S(C)(=O)=O. The summed E-state index contributed by atoms with van der Waals surface area (Å²) in [6.07, 6.45) is 1.36. The van der Waals surface area contributed by atoms with Crippen LogP contribution in [-0.4, -0.2) is 33.7 Å². The molecule has 1 N–H and O–H groups in total. The van der Waals surface area contributed by atoms with Crippen molar-refractivity contribution in [1.29, 1.82) is 0 Å². The third-order valence-corrected chi connectivity index (χ3v) is 6.04. The number of hydrogen-bond donors (Lipinski definition) is 1. The van der Waals surface area contributed by atoms with Crippen molar-refractivity contribution >= 4 is 38.9 Å². The molecule has 1 unspecified atom stereocenters. The highest BCUT2D eigenvalue weighted by molar-refractivity contribution is 7.92. The number of carbonyl (C=O) groups is 1. The molecule has 0 aliphatic carbocycles. The zero-order chi connectivity index (χ0) is 21.8. The third-order valence-electron chi connectivity index (χ3n) is 4.56. The molecule has 0 heterocycles. The number of rotatable bonds is 8. The molecule has 1 amide bonds. The lowest BCUT2D eigenvalue weighted by molar-refractivity contribution is -0.117. The Morgan fingerprint density at radius 2 is 1.86 bits per heavy atom. The van der Waals surface area contributed by atoms with E-state index in [9.17, 15) is 13.2 Å². The van der Waals surface area contributed by atoms with E-state index in [1.807, 2.05) is 38.1 Å². The second-order valence-corrected chi connectivity index (χ2v) is 9.30. The highest BCUT2D eigenvalue weighted by atomic mass is 35.5. The Morgan fingerprint density at radius 1 is 1.21 bits per heavy atom. The smallest absolute Gasteiger partial charge is 0.248 e. The highest BCUT2D eigenvalue weighted by Gasteiger charge is 2.32. The second kappa shape index (κ2) is 9.50. The summed E-state index contributed by atoms with van der Waals surface area (Å²) in [7, 11) is -2.28. The molecular formula is C21H27ClN2O4S. The first-order valence-corrected chi connectivity index (χ1v) is 11.6. The summed E-state index contributed by atoms with van der Waals surface area (Å²) in [5.74, 6) is 0.225. The van der Waals surface area contributed by atoms with Gasteiger partial charge in [0.15, 0.2) is 0 Å². The maximum absolute atomic E-state index is 13.1. The number of hydrogen-bond acceptors (Lipinski definition) is 4. The zero-order valence-electron chi connectivity index (χ0n) is 17.3. The zero-order valence-corrected chi connectivity index (χ0v) is 18.8. The van der Waals surface area contributed by atoms with Crippen LogP contribution >= 0.6 is 11.6 Å². The molecule has 2 aromatic rings. The molecule has 0 aromatic heterocycles. The summed E-state index contributed by atoms with van der Waals surface area (Å²) in [6, 6.07) is 11.2. The van der Waals surface area contributed by atoms with Gasteiger partial charge in [-0.2, -0.15) is 0 Å². The lowest BCUT2D eigenvalue weighted by Crippen LogP contribution is -2.47. The van der Waals surface area contributed by atoms with Crippen LogP contribution in [0.2, 0.25) is 5.02 Å². The maximum atomic E-state index is 13.1. The van der Waals surface area contributed by atoms with Gasteiger partial charge in [0.2, 0.25) is 15.9 Å². The lowest BCUT2D eigenvalue weighted by atomic mass is 10.0. The molecule has 2 rings (SSSR count). The Labute approximate surface area is 177 Å². The van der Waals surface area contributed by atoms with Crippen molar-refractivity contribution in [2.24, 2.45) is 0 Å². The van der Waals surface area contributed by atoms with Crippen LogP contribution in [0.4, 0.5) is 11.4 Å². The van der Waals surface area contributed by atoms with Crippen LogP contribution in [0.15, 0.2) is 42.5 Å². The van der Waals surface area contributed by atoms with E-state index in [1.54, 1.807) is 19.1 Å². The van der Waals surface area contributed by atoms with Gasteiger partial charge in [-0.1, -0.05) is 50.6 Å². The van der Waals surface area contributed by atoms with Gasteiger partial charge in [0, 0.05) is 5.69 Å². The first kappa shape index (κ1) is 23.0. The Hall–Kier alpha value is -2.25. The van der Waals surface area contributed by atoms with Gasteiger partial charge in [0.25, 0.3) is 0 Å². The number of benzene rings is 2. The van der Waals surface area contributed by atoms with E-state index < -0.39 is 22.0 Å². The molecule has 158 valence electrons. The molecule has 0 bridgehead atoms. The first-order chi connectivity index (χ1) is 13.6. The standard InChI is InChI=1S/C21H27ClN2O4S/c1-6-19(21(25)23-18-10-8-7-9-16(18)14(2)3)24(29(5,26)27)15-11-12-20(28-4)17(22)13-15/h7-14,19H,6H2,1-5H3,(H,23,25). The number of nitrogens with zero attached hydrogens (tertiary/aromatic N) is 1. The van der Waals surface area contributed by atoms with Crippen molar-refractivity contribution in [3.05, 3.63) is 53.1 Å². The van der Waals surface area contributed by atoms with Crippen molar-refractivity contribution in [2.45, 2.75) is 39.2 Å². The quantitative estimate of drug-likeness (QED) is 0.650. The minimum atomic E-state index is -3.76. The van der Waals surface area contributed by atoms with Crippen LogP contribution in [0.25, 0.3) is 0 Å². The number of carbonyl (C=O) groups excluding carboxylic acids is 1. The van der Waals surface area contributed by atoms with Gasteiger partial charge in [-0.3, -0.25) is 9.10 Å². The third kappa shape index (κ3) is 5.42. The van der Waals surface area contributed by atoms with E-state index in [2.05, 4.69) is 5.32 Å². The number of ether oxygens (including phenoxy) is 1. The molecule has 29 heavy (non-hydrogen) atoms. The molecule has 0 spiro atoms. The molecule has 2 aromatic carbocycles. The fourth-order valence-corrected chi connectivity index (χ4v) is 4.64. The topological polar surface area (TPSA) is 75.7 Å². The Balaban J connectivity index is 2.44. The molecule has 0 radical (unpaired) electrons. The van der Waals surface area contributed by atoms with Gasteiger partial charge in [0.05, 0.1) is 24.1 Å². The lowest BCUT2D eigenvalue weighted by Gasteiger charge is -2.30. The second-order valence-electron chi connectivity index (χ2n) is 7.03. The summed E-state index contributed by atoms with van der Waals surface area (Å²) < 4.78 is 31.4. The van der Waals surface area contributed by atoms with Gasteiger partial charge in [-0.25, -0.2) is 8.42 Å². The number of amides is 1. The average molecular weight is 439 g/mol. The number of sulfonamides is 1.